The molecular weight excluding hydrogens is 214 g/mol. The molecule has 5 nitrogen and oxygen atoms in total. The van der Waals surface area contributed by atoms with E-state index in [9.17, 15) is 8.42 Å². The minimum Gasteiger partial charge on any atom is -0.314 e. The van der Waals surface area contributed by atoms with Crippen molar-refractivity contribution in [3.05, 3.63) is 0 Å². The first kappa shape index (κ1) is 11.3. The van der Waals surface area contributed by atoms with Crippen molar-refractivity contribution in [1.82, 2.24) is 14.9 Å². The lowest BCUT2D eigenvalue weighted by Crippen LogP contribution is -2.59. The molecule has 2 heterocycles. The zero-order valence-corrected chi connectivity index (χ0v) is 9.89. The number of nitrogens with one attached hydrogen (secondary N) is 2. The molecule has 15 heavy (non-hydrogen) atoms. The lowest BCUT2D eigenvalue weighted by molar-refractivity contribution is 0.248. The molecule has 0 atom stereocenters. The molecule has 0 aromatic carbocycles. The highest BCUT2D eigenvalue weighted by Gasteiger charge is 2.27. The fraction of sp³-hybridized carbons (Fsp3) is 1.00. The van der Waals surface area contributed by atoms with Gasteiger partial charge in [-0.2, -0.15) is 0 Å². The Balaban J connectivity index is 1.76. The summed E-state index contributed by atoms with van der Waals surface area (Å²) in [6.07, 6.45) is 3.16. The zero-order chi connectivity index (χ0) is 10.9. The molecule has 0 spiro atoms. The second-order valence-corrected chi connectivity index (χ2v) is 6.44. The van der Waals surface area contributed by atoms with Crippen LogP contribution in [-0.4, -0.2) is 57.2 Å². The predicted octanol–water partition coefficient (Wildman–Crippen LogP) is -1.03. The monoisotopic (exact) mass is 233 g/mol. The van der Waals surface area contributed by atoms with Gasteiger partial charge in [0.25, 0.3) is 0 Å². The summed E-state index contributed by atoms with van der Waals surface area (Å²) in [5.41, 5.74) is 0. The van der Waals surface area contributed by atoms with Gasteiger partial charge in [0, 0.05) is 38.3 Å². The van der Waals surface area contributed by atoms with Crippen LogP contribution in [-0.2, 0) is 10.0 Å². The van der Waals surface area contributed by atoms with Crippen molar-refractivity contribution in [2.24, 2.45) is 0 Å². The first-order chi connectivity index (χ1) is 7.05. The molecule has 2 aliphatic rings. The average Bonchev–Trinajstić information content (AvgIpc) is 2.11. The van der Waals surface area contributed by atoms with Crippen molar-refractivity contribution in [3.8, 4) is 0 Å². The first-order valence-corrected chi connectivity index (χ1v) is 7.32. The molecule has 6 heteroatoms. The van der Waals surface area contributed by atoms with Crippen LogP contribution in [0.2, 0.25) is 0 Å². The molecular formula is C9H19N3O2S. The fourth-order valence-electron chi connectivity index (χ4n) is 2.09. The van der Waals surface area contributed by atoms with E-state index in [0.717, 1.165) is 25.9 Å². The van der Waals surface area contributed by atoms with Crippen molar-refractivity contribution in [3.63, 3.8) is 0 Å². The molecule has 0 saturated carbocycles. The van der Waals surface area contributed by atoms with Crippen molar-refractivity contribution in [2.45, 2.75) is 24.9 Å². The summed E-state index contributed by atoms with van der Waals surface area (Å²) in [6.45, 7) is 3.42. The summed E-state index contributed by atoms with van der Waals surface area (Å²) in [7, 11) is -2.98. The summed E-state index contributed by atoms with van der Waals surface area (Å²) < 4.78 is 24.1. The number of hydrogen-bond donors (Lipinski definition) is 2. The topological polar surface area (TPSA) is 61.4 Å². The standard InChI is InChI=1S/C9H19N3O2S/c1-15(13,14)12-4-2-8(3-5-12)11-9-6-10-7-9/h8-11H,2-7H2,1H3. The predicted molar refractivity (Wildman–Crippen MR) is 59.2 cm³/mol. The van der Waals surface area contributed by atoms with Crippen LogP contribution in [0, 0.1) is 0 Å². The first-order valence-electron chi connectivity index (χ1n) is 5.47. The molecule has 88 valence electrons. The van der Waals surface area contributed by atoms with Crippen molar-refractivity contribution in [2.75, 3.05) is 32.4 Å². The minimum atomic E-state index is -2.98. The summed E-state index contributed by atoms with van der Waals surface area (Å²) in [5, 5.41) is 6.76. The maximum atomic E-state index is 11.3. The summed E-state index contributed by atoms with van der Waals surface area (Å²) >= 11 is 0. The van der Waals surface area contributed by atoms with Gasteiger partial charge in [-0.25, -0.2) is 12.7 Å². The Morgan fingerprint density at radius 3 is 2.20 bits per heavy atom. The summed E-state index contributed by atoms with van der Waals surface area (Å²) in [6, 6.07) is 1.09. The summed E-state index contributed by atoms with van der Waals surface area (Å²) in [5.74, 6) is 0. The van der Waals surface area contributed by atoms with Gasteiger partial charge in [-0.05, 0) is 12.8 Å². The van der Waals surface area contributed by atoms with Crippen molar-refractivity contribution < 1.29 is 8.42 Å². The lowest BCUT2D eigenvalue weighted by atomic mass is 10.0. The van der Waals surface area contributed by atoms with Crippen LogP contribution < -0.4 is 10.6 Å². The average molecular weight is 233 g/mol. The van der Waals surface area contributed by atoms with E-state index in [1.54, 1.807) is 4.31 Å². The normalized spacial score (nSPS) is 26.5. The van der Waals surface area contributed by atoms with Gasteiger partial charge in [0.2, 0.25) is 10.0 Å². The molecule has 0 radical (unpaired) electrons. The van der Waals surface area contributed by atoms with Gasteiger partial charge in [-0.3, -0.25) is 0 Å². The van der Waals surface area contributed by atoms with Crippen LogP contribution in [0.25, 0.3) is 0 Å². The molecule has 2 N–H and O–H groups in total. The Morgan fingerprint density at radius 2 is 1.80 bits per heavy atom. The van der Waals surface area contributed by atoms with Gasteiger partial charge < -0.3 is 10.6 Å². The number of piperidine rings is 1. The van der Waals surface area contributed by atoms with E-state index in [1.807, 2.05) is 0 Å². The molecule has 0 aromatic rings. The van der Waals surface area contributed by atoms with Crippen molar-refractivity contribution in [1.29, 1.82) is 0 Å². The van der Waals surface area contributed by atoms with Crippen LogP contribution in [0.15, 0.2) is 0 Å². The van der Waals surface area contributed by atoms with Crippen LogP contribution in [0.1, 0.15) is 12.8 Å². The SMILES string of the molecule is CS(=O)(=O)N1CCC(NC2CNC2)CC1. The summed E-state index contributed by atoms with van der Waals surface area (Å²) in [4.78, 5) is 0. The Bertz CT molecular complexity index is 305. The molecule has 0 bridgehead atoms. The van der Waals surface area contributed by atoms with Crippen LogP contribution in [0.4, 0.5) is 0 Å². The second-order valence-electron chi connectivity index (χ2n) is 4.46. The maximum Gasteiger partial charge on any atom is 0.211 e. The second kappa shape index (κ2) is 4.37. The number of sulfonamides is 1. The molecule has 2 fully saturated rings. The molecule has 2 aliphatic heterocycles. The van der Waals surface area contributed by atoms with Gasteiger partial charge in [-0.15, -0.1) is 0 Å². The molecule has 0 aliphatic carbocycles. The molecule has 0 aromatic heterocycles. The molecule has 2 saturated heterocycles. The molecule has 0 unspecified atom stereocenters. The van der Waals surface area contributed by atoms with Gasteiger partial charge in [0.05, 0.1) is 6.26 Å². The van der Waals surface area contributed by atoms with Gasteiger partial charge in [0.15, 0.2) is 0 Å². The smallest absolute Gasteiger partial charge is 0.211 e. The van der Waals surface area contributed by atoms with Gasteiger partial charge in [-0.1, -0.05) is 0 Å². The van der Waals surface area contributed by atoms with Crippen molar-refractivity contribution >= 4 is 10.0 Å². The Hall–Kier alpha value is -0.170. The lowest BCUT2D eigenvalue weighted by Gasteiger charge is -2.36. The zero-order valence-electron chi connectivity index (χ0n) is 9.07. The quantitative estimate of drug-likeness (QED) is 0.654. The maximum absolute atomic E-state index is 11.3. The van der Waals surface area contributed by atoms with Gasteiger partial charge in [0.1, 0.15) is 0 Å². The third kappa shape index (κ3) is 2.90. The molecule has 2 rings (SSSR count). The van der Waals surface area contributed by atoms with E-state index in [1.165, 1.54) is 6.26 Å². The highest BCUT2D eigenvalue weighted by Crippen LogP contribution is 2.14. The minimum absolute atomic E-state index is 0.495. The van der Waals surface area contributed by atoms with Crippen LogP contribution in [0.5, 0.6) is 0 Å². The molecule has 0 amide bonds. The van der Waals surface area contributed by atoms with Crippen LogP contribution >= 0.6 is 0 Å². The highest BCUT2D eigenvalue weighted by atomic mass is 32.2. The number of nitrogens with zero attached hydrogens (tertiary/aromatic N) is 1. The van der Waals surface area contributed by atoms with Gasteiger partial charge >= 0.3 is 0 Å². The Labute approximate surface area is 91.3 Å². The largest absolute Gasteiger partial charge is 0.314 e. The van der Waals surface area contributed by atoms with E-state index in [2.05, 4.69) is 10.6 Å². The number of rotatable bonds is 3. The van der Waals surface area contributed by atoms with E-state index < -0.39 is 10.0 Å². The number of hydrogen-bond acceptors (Lipinski definition) is 4. The van der Waals surface area contributed by atoms with Crippen LogP contribution in [0.3, 0.4) is 0 Å². The highest BCUT2D eigenvalue weighted by molar-refractivity contribution is 7.88. The van der Waals surface area contributed by atoms with E-state index in [0.29, 0.717) is 25.2 Å². The third-order valence-corrected chi connectivity index (χ3v) is 4.48. The van der Waals surface area contributed by atoms with E-state index in [-0.39, 0.29) is 0 Å². The fourth-order valence-corrected chi connectivity index (χ4v) is 2.97. The Kier molecular flexibility index (Phi) is 3.30. The third-order valence-electron chi connectivity index (χ3n) is 3.18. The van der Waals surface area contributed by atoms with E-state index >= 15 is 0 Å². The Morgan fingerprint density at radius 1 is 1.20 bits per heavy atom. The van der Waals surface area contributed by atoms with E-state index in [4.69, 9.17) is 0 Å².